The number of carbonyl (C=O) groups is 4. The zero-order valence-electron chi connectivity index (χ0n) is 64.4. The summed E-state index contributed by atoms with van der Waals surface area (Å²) in [5, 5.41) is 10.6. The van der Waals surface area contributed by atoms with Gasteiger partial charge in [-0.3, -0.25) is 37.3 Å². The summed E-state index contributed by atoms with van der Waals surface area (Å²) in [6.07, 6.45) is 54.1. The third-order valence-corrected chi connectivity index (χ3v) is 20.6. The fourth-order valence-corrected chi connectivity index (χ4v) is 13.6. The monoisotopic (exact) mass is 1440 g/mol. The quantitative estimate of drug-likeness (QED) is 0.0222. The Labute approximate surface area is 600 Å². The van der Waals surface area contributed by atoms with Crippen LogP contribution in [0.15, 0.2) is 0 Å². The molecule has 0 radical (unpaired) electrons. The van der Waals surface area contributed by atoms with Crippen LogP contribution >= 0.6 is 15.6 Å². The van der Waals surface area contributed by atoms with Gasteiger partial charge in [0, 0.05) is 25.7 Å². The Hall–Kier alpha value is -1.94. The summed E-state index contributed by atoms with van der Waals surface area (Å²) in [5.41, 5.74) is 0. The Morgan fingerprint density at radius 3 is 0.724 bits per heavy atom. The van der Waals surface area contributed by atoms with Gasteiger partial charge in [0.15, 0.2) is 12.2 Å². The smallest absolute Gasteiger partial charge is 0.462 e. The summed E-state index contributed by atoms with van der Waals surface area (Å²) in [5.74, 6) is 0.978. The van der Waals surface area contributed by atoms with Crippen molar-refractivity contribution in [2.24, 2.45) is 23.7 Å². The van der Waals surface area contributed by atoms with Crippen LogP contribution in [0, 0.1) is 23.7 Å². The zero-order valence-corrected chi connectivity index (χ0v) is 66.2. The summed E-state index contributed by atoms with van der Waals surface area (Å²) in [6.45, 7) is 14.2. The minimum absolute atomic E-state index is 0.106. The van der Waals surface area contributed by atoms with Crippen molar-refractivity contribution in [1.82, 2.24) is 0 Å². The van der Waals surface area contributed by atoms with Gasteiger partial charge in [0.2, 0.25) is 0 Å². The zero-order chi connectivity index (χ0) is 72.4. The van der Waals surface area contributed by atoms with E-state index >= 15 is 0 Å². The molecule has 0 aliphatic carbocycles. The predicted octanol–water partition coefficient (Wildman–Crippen LogP) is 23.2. The average Bonchev–Trinajstić information content (AvgIpc) is 1.31. The molecule has 17 nitrogen and oxygen atoms in total. The lowest BCUT2D eigenvalue weighted by Crippen LogP contribution is -2.30. The number of phosphoric ester groups is 2. The van der Waals surface area contributed by atoms with Crippen molar-refractivity contribution in [3.63, 3.8) is 0 Å². The van der Waals surface area contributed by atoms with Gasteiger partial charge in [0.25, 0.3) is 0 Å². The molecule has 0 aromatic rings. The Bertz CT molecular complexity index is 1920. The summed E-state index contributed by atoms with van der Waals surface area (Å²) < 4.78 is 68.7. The first-order chi connectivity index (χ1) is 47.1. The number of carbonyl (C=O) groups excluding carboxylic acids is 4. The molecule has 6 atom stereocenters. The molecule has 0 rings (SSSR count). The van der Waals surface area contributed by atoms with Crippen molar-refractivity contribution < 1.29 is 80.2 Å². The van der Waals surface area contributed by atoms with Crippen molar-refractivity contribution >= 4 is 39.5 Å². The van der Waals surface area contributed by atoms with Gasteiger partial charge in [0.1, 0.15) is 19.3 Å². The van der Waals surface area contributed by atoms with Crippen LogP contribution in [-0.4, -0.2) is 96.7 Å². The first-order valence-electron chi connectivity index (χ1n) is 40.7. The first-order valence-corrected chi connectivity index (χ1v) is 43.7. The summed E-state index contributed by atoms with van der Waals surface area (Å²) >= 11 is 0. The topological polar surface area (TPSA) is 237 Å². The van der Waals surface area contributed by atoms with Crippen molar-refractivity contribution in [3.8, 4) is 0 Å². The molecule has 0 amide bonds. The van der Waals surface area contributed by atoms with Crippen LogP contribution in [0.1, 0.15) is 402 Å². The maximum Gasteiger partial charge on any atom is 0.472 e. The second-order valence-electron chi connectivity index (χ2n) is 30.1. The van der Waals surface area contributed by atoms with E-state index < -0.39 is 97.5 Å². The van der Waals surface area contributed by atoms with E-state index in [9.17, 15) is 43.2 Å². The number of esters is 4. The number of unbranched alkanes of at least 4 members (excludes halogenated alkanes) is 41. The van der Waals surface area contributed by atoms with E-state index in [2.05, 4.69) is 55.4 Å². The molecule has 0 aliphatic heterocycles. The van der Waals surface area contributed by atoms with E-state index in [4.69, 9.17) is 37.0 Å². The van der Waals surface area contributed by atoms with Crippen LogP contribution < -0.4 is 0 Å². The molecule has 0 aromatic carbocycles. The Morgan fingerprint density at radius 2 is 0.490 bits per heavy atom. The van der Waals surface area contributed by atoms with Crippen molar-refractivity contribution in [3.05, 3.63) is 0 Å². The normalized spacial score (nSPS) is 14.3. The maximum atomic E-state index is 13.1. The minimum atomic E-state index is -4.96. The number of phosphoric acid groups is 2. The summed E-state index contributed by atoms with van der Waals surface area (Å²) in [4.78, 5) is 73.0. The second-order valence-corrected chi connectivity index (χ2v) is 33.0. The van der Waals surface area contributed by atoms with Crippen LogP contribution in [0.25, 0.3) is 0 Å². The van der Waals surface area contributed by atoms with Crippen molar-refractivity contribution in [2.45, 2.75) is 420 Å². The van der Waals surface area contributed by atoms with Gasteiger partial charge >= 0.3 is 39.5 Å². The number of aliphatic hydroxyl groups excluding tert-OH is 1. The van der Waals surface area contributed by atoms with Gasteiger partial charge in [-0.25, -0.2) is 9.13 Å². The van der Waals surface area contributed by atoms with Crippen molar-refractivity contribution in [1.29, 1.82) is 0 Å². The van der Waals surface area contributed by atoms with Gasteiger partial charge < -0.3 is 33.8 Å². The summed E-state index contributed by atoms with van der Waals surface area (Å²) in [7, 11) is -9.92. The number of hydrogen-bond donors (Lipinski definition) is 3. The molecule has 0 spiro atoms. The molecular formula is C79H154O17P2. The van der Waals surface area contributed by atoms with Gasteiger partial charge in [-0.05, 0) is 49.4 Å². The minimum Gasteiger partial charge on any atom is -0.462 e. The van der Waals surface area contributed by atoms with Gasteiger partial charge in [-0.15, -0.1) is 0 Å². The highest BCUT2D eigenvalue weighted by Gasteiger charge is 2.30. The number of aliphatic hydroxyl groups is 1. The molecule has 0 saturated heterocycles. The molecule has 98 heavy (non-hydrogen) atoms. The second kappa shape index (κ2) is 68.2. The van der Waals surface area contributed by atoms with E-state index in [-0.39, 0.29) is 25.7 Å². The van der Waals surface area contributed by atoms with Gasteiger partial charge in [-0.1, -0.05) is 351 Å². The molecule has 582 valence electrons. The highest BCUT2D eigenvalue weighted by Crippen LogP contribution is 2.45. The average molecular weight is 1440 g/mol. The number of rotatable bonds is 76. The fourth-order valence-electron chi connectivity index (χ4n) is 12.0. The highest BCUT2D eigenvalue weighted by molar-refractivity contribution is 7.47. The fraction of sp³-hybridized carbons (Fsp3) is 0.949. The van der Waals surface area contributed by atoms with Gasteiger partial charge in [-0.2, -0.15) is 0 Å². The standard InChI is InChI=1S/C79H154O17P2/c1-9-72(8)58-50-42-37-38-44-52-60-77(82)90-66-75(96-79(84)62-54-46-36-30-24-18-12-15-21-27-33-41-49-57-71(6)7)68-94-98(87,88)92-64-73(80)63-91-97(85,86)93-67-74(95-78(83)61-53-45-35-29-23-17-11-14-20-26-32-40-48-56-70(4)5)65-89-76(81)59-51-43-34-28-22-16-10-13-19-25-31-39-47-55-69(2)3/h69-75,80H,9-68H2,1-8H3,(H,85,86)(H,87,88)/t72?,73-,74-,75-/m1/s1. The van der Waals surface area contributed by atoms with Crippen LogP contribution in [0.4, 0.5) is 0 Å². The molecule has 3 N–H and O–H groups in total. The van der Waals surface area contributed by atoms with E-state index in [0.29, 0.717) is 25.7 Å². The molecule has 0 fully saturated rings. The molecular weight excluding hydrogens is 1280 g/mol. The molecule has 0 aromatic heterocycles. The lowest BCUT2D eigenvalue weighted by Gasteiger charge is -2.21. The number of ether oxygens (including phenoxy) is 4. The lowest BCUT2D eigenvalue weighted by molar-refractivity contribution is -0.161. The van der Waals surface area contributed by atoms with Crippen LogP contribution in [-0.2, 0) is 65.4 Å². The largest absolute Gasteiger partial charge is 0.472 e. The Balaban J connectivity index is 5.26. The van der Waals surface area contributed by atoms with Crippen molar-refractivity contribution in [2.75, 3.05) is 39.6 Å². The van der Waals surface area contributed by atoms with E-state index in [0.717, 1.165) is 120 Å². The molecule has 0 saturated carbocycles. The Morgan fingerprint density at radius 1 is 0.286 bits per heavy atom. The first kappa shape index (κ1) is 96.1. The van der Waals surface area contributed by atoms with Crippen LogP contribution in [0.2, 0.25) is 0 Å². The lowest BCUT2D eigenvalue weighted by atomic mass is 10.00. The highest BCUT2D eigenvalue weighted by atomic mass is 31.2. The molecule has 3 unspecified atom stereocenters. The molecule has 19 heteroatoms. The third-order valence-electron chi connectivity index (χ3n) is 18.7. The number of hydrogen-bond acceptors (Lipinski definition) is 15. The van der Waals surface area contributed by atoms with E-state index in [1.807, 2.05) is 0 Å². The molecule has 0 heterocycles. The van der Waals surface area contributed by atoms with Crippen LogP contribution in [0.5, 0.6) is 0 Å². The molecule has 0 bridgehead atoms. The summed E-state index contributed by atoms with van der Waals surface area (Å²) in [6, 6.07) is 0. The predicted molar refractivity (Wildman–Crippen MR) is 400 cm³/mol. The maximum absolute atomic E-state index is 13.1. The third kappa shape index (κ3) is 71.1. The van der Waals surface area contributed by atoms with E-state index in [1.165, 1.54) is 199 Å². The van der Waals surface area contributed by atoms with Crippen LogP contribution in [0.3, 0.4) is 0 Å². The Kier molecular flexibility index (Phi) is 66.8. The molecule has 0 aliphatic rings. The SMILES string of the molecule is CCC(C)CCCCCCCCC(=O)OC[C@H](COP(=O)(O)OC[C@H](O)COP(=O)(O)OC[C@@H](COC(=O)CCCCCCCCCCCCCCCC(C)C)OC(=O)CCCCCCCCCCCCCCCC(C)C)OC(=O)CCCCCCCCCCCCCCCC(C)C. The van der Waals surface area contributed by atoms with E-state index in [1.54, 1.807) is 0 Å². The van der Waals surface area contributed by atoms with Gasteiger partial charge in [0.05, 0.1) is 26.4 Å².